The summed E-state index contributed by atoms with van der Waals surface area (Å²) in [5, 5.41) is 31.2. The molecule has 4 aromatic carbocycles. The fraction of sp³-hybridized carbons (Fsp3) is 0.220. The highest BCUT2D eigenvalue weighted by Crippen LogP contribution is 2.32. The number of imidazole rings is 1. The number of aliphatic imine (C=N–C) groups is 1. The summed E-state index contributed by atoms with van der Waals surface area (Å²) in [5.41, 5.74) is 9.43. The molecule has 4 fully saturated rings. The smallest absolute Gasteiger partial charge is 0.292 e. The molecule has 0 bridgehead atoms. The minimum absolute atomic E-state index is 0.0248. The molecule has 0 spiro atoms. The molecule has 0 saturated carbocycles. The molecule has 14 aromatic rings. The van der Waals surface area contributed by atoms with E-state index in [4.69, 9.17) is 8.94 Å². The number of amidine groups is 1. The molecule has 20 rings (SSSR count). The summed E-state index contributed by atoms with van der Waals surface area (Å²) >= 11 is 1.49. The molecule has 5 atom stereocenters. The van der Waals surface area contributed by atoms with Crippen LogP contribution in [0, 0.1) is 18.7 Å². The normalized spacial score (nSPS) is 18.0. The first-order valence-corrected chi connectivity index (χ1v) is 38.2. The van der Waals surface area contributed by atoms with Crippen molar-refractivity contribution in [3.05, 3.63) is 278 Å². The molecule has 5 aliphatic heterocycles. The van der Waals surface area contributed by atoms with Gasteiger partial charge in [0, 0.05) is 178 Å². The third-order valence-corrected chi connectivity index (χ3v) is 21.2. The van der Waals surface area contributed by atoms with Crippen LogP contribution < -0.4 is 36.0 Å². The number of anilines is 3. The van der Waals surface area contributed by atoms with Gasteiger partial charge in [-0.25, -0.2) is 44.0 Å². The summed E-state index contributed by atoms with van der Waals surface area (Å²) < 4.78 is 31.2. The lowest BCUT2D eigenvalue weighted by molar-refractivity contribution is 0.0920. The number of fused-ring (bicyclic) bond motifs is 4. The van der Waals surface area contributed by atoms with Crippen LogP contribution in [-0.4, -0.2) is 184 Å². The van der Waals surface area contributed by atoms with E-state index in [1.54, 1.807) is 58.4 Å². The van der Waals surface area contributed by atoms with Crippen LogP contribution in [0.4, 0.5) is 21.8 Å². The van der Waals surface area contributed by atoms with Crippen molar-refractivity contribution < 1.29 is 32.5 Å². The summed E-state index contributed by atoms with van der Waals surface area (Å²) in [6.07, 6.45) is 35.0. The van der Waals surface area contributed by atoms with E-state index in [0.717, 1.165) is 127 Å². The first-order valence-electron chi connectivity index (χ1n) is 37.4. The molecule has 4 saturated heterocycles. The number of likely N-dealkylation sites (tertiary alicyclic amines) is 1. The van der Waals surface area contributed by atoms with Crippen molar-refractivity contribution in [3.63, 3.8) is 0 Å². The van der Waals surface area contributed by atoms with E-state index in [2.05, 4.69) is 136 Å². The molecule has 32 heteroatoms. The fourth-order valence-electron chi connectivity index (χ4n) is 14.6. The van der Waals surface area contributed by atoms with E-state index < -0.39 is 0 Å². The lowest BCUT2D eigenvalue weighted by Gasteiger charge is -2.25. The minimum Gasteiger partial charge on any atom is -0.444 e. The summed E-state index contributed by atoms with van der Waals surface area (Å²) in [6, 6.07) is 39.0. The molecule has 30 nitrogen and oxygen atoms in total. The van der Waals surface area contributed by atoms with Crippen molar-refractivity contribution in [3.8, 4) is 39.2 Å². The number of aromatic nitrogens is 15. The standard InChI is InChI=1S/C23H23N5O.C21H19N5OS.C19H16FN7O2.C19H17N7O2/c1-16-5-2-3-8-21(16)28-14-11-20(26-28)23(29)25-18-10-13-27(15-18)22-19-7-4-6-17(19)9-12-24-22;27-20(17-14-28-21(24-17)15-5-2-1-3-6-15)23-16-8-11-26(13-16)19-18-7-4-10-25(18)12-9-22-19;20-13-3-1-12(2-4-13)19-24-15(10-29-19)18(28)23-14-5-7-26(9-14)16-17-25-22-11-27(17)8-6-21-16;27-18(15-23-19(28-24-15)13-4-2-1-3-5-13)22-14-6-9-26(12-14)17-16-20-7-10-25(16)11-8-21-17/h2-9,11-12,14,17-18H,10,13,15H2,1H3,(H,25,29);1-7,9-10,12,14,16H,8,11,13H2,(H,23,27);1-4,6,8,10-11,14H,5,7,9H2,(H,23,28);1-5,7-8,10-11,14H,6,9,12H2,(H,22,27)/t17?,18-;16-;2*14-/m0000/s1. The van der Waals surface area contributed by atoms with Crippen molar-refractivity contribution in [2.75, 3.05) is 67.1 Å². The van der Waals surface area contributed by atoms with Gasteiger partial charge in [0.2, 0.25) is 11.5 Å². The van der Waals surface area contributed by atoms with Gasteiger partial charge < -0.3 is 58.6 Å². The zero-order valence-electron chi connectivity index (χ0n) is 61.6. The molecule has 572 valence electrons. The largest absolute Gasteiger partial charge is 0.444 e. The number of oxazole rings is 1. The van der Waals surface area contributed by atoms with Gasteiger partial charge in [-0.05, 0) is 98.8 Å². The predicted octanol–water partition coefficient (Wildman–Crippen LogP) is 10.2. The van der Waals surface area contributed by atoms with Gasteiger partial charge >= 0.3 is 0 Å². The molecule has 4 amide bonds. The Bertz CT molecular complexity index is 5750. The van der Waals surface area contributed by atoms with Crippen LogP contribution >= 0.6 is 11.3 Å². The zero-order valence-corrected chi connectivity index (χ0v) is 62.4. The summed E-state index contributed by atoms with van der Waals surface area (Å²) in [6.45, 7) is 8.08. The Hall–Kier alpha value is -14.2. The molecule has 1 unspecified atom stereocenters. The Morgan fingerprint density at radius 1 is 0.526 bits per heavy atom. The molecular formula is C82H75FN24O6S. The van der Waals surface area contributed by atoms with Gasteiger partial charge in [0.1, 0.15) is 34.9 Å². The second-order valence-electron chi connectivity index (χ2n) is 27.9. The van der Waals surface area contributed by atoms with Crippen LogP contribution in [0.15, 0.2) is 257 Å². The zero-order chi connectivity index (χ0) is 77.4. The number of halogens is 1. The molecule has 0 radical (unpaired) electrons. The fourth-order valence-corrected chi connectivity index (χ4v) is 15.4. The number of thiazole rings is 1. The molecular weight excluding hydrogens is 1470 g/mol. The highest BCUT2D eigenvalue weighted by atomic mass is 32.1. The third kappa shape index (κ3) is 16.1. The monoisotopic (exact) mass is 1540 g/mol. The number of hydrogen-bond acceptors (Lipinski definition) is 23. The SMILES string of the molecule is Cc1ccccc1-n1ccc(C(=O)N[C@H]2CCN(C3=NC=CC4C=CC=C34)C2)n1.O=C(N[C@H]1CCN(c2nccn3cccc23)C1)c1csc(-c2ccccc2)n1.O=C(N[C@H]1CCN(c2nccn3ccnc23)C1)c1noc(-c2ccccc2)n1.O=C(N[C@H]1CCN(c2nccn3cnnc23)C1)c1coc(-c2ccc(F)cc2)n1. The minimum atomic E-state index is -0.347. The Balaban J connectivity index is 0.000000110. The number of rotatable bonds is 15. The van der Waals surface area contributed by atoms with Gasteiger partial charge in [-0.2, -0.15) is 10.1 Å². The molecule has 10 aromatic heterocycles. The quantitative estimate of drug-likeness (QED) is 0.0741. The van der Waals surface area contributed by atoms with Crippen molar-refractivity contribution in [2.45, 2.75) is 56.8 Å². The average molecular weight is 1540 g/mol. The maximum absolute atomic E-state index is 13.1. The third-order valence-electron chi connectivity index (χ3n) is 20.3. The van der Waals surface area contributed by atoms with Crippen molar-refractivity contribution in [1.29, 1.82) is 0 Å². The van der Waals surface area contributed by atoms with Crippen molar-refractivity contribution >= 4 is 75.1 Å². The van der Waals surface area contributed by atoms with Gasteiger partial charge in [-0.3, -0.25) is 23.6 Å². The first kappa shape index (κ1) is 72.7. The van der Waals surface area contributed by atoms with E-state index >= 15 is 0 Å². The van der Waals surface area contributed by atoms with Crippen LogP contribution in [0.3, 0.4) is 0 Å². The van der Waals surface area contributed by atoms with Crippen LogP contribution in [0.25, 0.3) is 56.0 Å². The first-order chi connectivity index (χ1) is 55.9. The number of nitrogens with zero attached hydrogens (tertiary/aromatic N) is 20. The van der Waals surface area contributed by atoms with Crippen LogP contribution in [0.5, 0.6) is 0 Å². The summed E-state index contributed by atoms with van der Waals surface area (Å²) in [7, 11) is 0. The lowest BCUT2D eigenvalue weighted by Crippen LogP contribution is -2.39. The molecule has 6 aliphatic rings. The van der Waals surface area contributed by atoms with Gasteiger partial charge in [0.25, 0.3) is 35.3 Å². The molecule has 15 heterocycles. The van der Waals surface area contributed by atoms with E-state index in [1.165, 1.54) is 35.3 Å². The Morgan fingerprint density at radius 3 is 1.84 bits per heavy atom. The number of hydrogen-bond donors (Lipinski definition) is 4. The van der Waals surface area contributed by atoms with Gasteiger partial charge in [0.05, 0.1) is 11.2 Å². The van der Waals surface area contributed by atoms with Gasteiger partial charge in [0.15, 0.2) is 34.5 Å². The maximum atomic E-state index is 13.1. The maximum Gasteiger partial charge on any atom is 0.292 e. The van der Waals surface area contributed by atoms with Gasteiger partial charge in [-0.15, -0.1) is 21.5 Å². The Morgan fingerprint density at radius 2 is 1.12 bits per heavy atom. The van der Waals surface area contributed by atoms with Crippen LogP contribution in [-0.2, 0) is 0 Å². The second kappa shape index (κ2) is 32.8. The van der Waals surface area contributed by atoms with Crippen molar-refractivity contribution in [2.24, 2.45) is 10.9 Å². The van der Waals surface area contributed by atoms with E-state index in [0.29, 0.717) is 47.5 Å². The number of nitrogens with one attached hydrogen (secondary N) is 4. The molecule has 1 aliphatic carbocycles. The molecule has 114 heavy (non-hydrogen) atoms. The number of carbonyl (C=O) groups is 4. The van der Waals surface area contributed by atoms with Crippen LogP contribution in [0.2, 0.25) is 0 Å². The summed E-state index contributed by atoms with van der Waals surface area (Å²) in [4.78, 5) is 94.5. The number of carbonyl (C=O) groups excluding carboxylic acids is 4. The predicted molar refractivity (Wildman–Crippen MR) is 425 cm³/mol. The van der Waals surface area contributed by atoms with E-state index in [-0.39, 0.29) is 71.0 Å². The number of para-hydroxylation sites is 1. The Kier molecular flexibility index (Phi) is 20.9. The number of benzene rings is 4. The summed E-state index contributed by atoms with van der Waals surface area (Å²) in [5.74, 6) is 3.26. The highest BCUT2D eigenvalue weighted by molar-refractivity contribution is 7.13. The molecule has 4 N–H and O–H groups in total. The topological polar surface area (TPSA) is 328 Å². The second-order valence-corrected chi connectivity index (χ2v) is 28.7. The Labute approximate surface area is 655 Å². The number of allylic oxidation sites excluding steroid dienone is 4. The lowest BCUT2D eigenvalue weighted by atomic mass is 9.99. The van der Waals surface area contributed by atoms with E-state index in [1.807, 2.05) is 151 Å². The van der Waals surface area contributed by atoms with Crippen molar-refractivity contribution in [1.82, 2.24) is 99.4 Å². The van der Waals surface area contributed by atoms with E-state index in [9.17, 15) is 23.6 Å². The average Bonchev–Trinajstić information content (AvgIpc) is 1.66. The number of amides is 4. The number of aryl methyl sites for hydroxylation is 1. The highest BCUT2D eigenvalue weighted by Gasteiger charge is 2.34. The van der Waals surface area contributed by atoms with Gasteiger partial charge in [-0.1, -0.05) is 96.2 Å². The van der Waals surface area contributed by atoms with Crippen LogP contribution in [0.1, 0.15) is 73.3 Å².